The number of nitro benzene ring substituents is 1. The summed E-state index contributed by atoms with van der Waals surface area (Å²) in [5.41, 5.74) is -0.120. The summed E-state index contributed by atoms with van der Waals surface area (Å²) in [5, 5.41) is 10.3. The zero-order valence-corrected chi connectivity index (χ0v) is 8.84. The summed E-state index contributed by atoms with van der Waals surface area (Å²) in [6.45, 7) is 0. The third-order valence-electron chi connectivity index (χ3n) is 1.56. The van der Waals surface area contributed by atoms with Crippen molar-refractivity contribution in [1.82, 2.24) is 0 Å². The molecule has 0 aromatic heterocycles. The fourth-order valence-corrected chi connectivity index (χ4v) is 2.40. The van der Waals surface area contributed by atoms with Crippen LogP contribution in [0, 0.1) is 10.1 Å². The van der Waals surface area contributed by atoms with Crippen molar-refractivity contribution >= 4 is 25.4 Å². The lowest BCUT2D eigenvalue weighted by Crippen LogP contribution is -1.94. The van der Waals surface area contributed by atoms with Crippen LogP contribution >= 0.6 is 10.8 Å². The number of benzene rings is 1. The minimum absolute atomic E-state index is 0.0793. The first-order chi connectivity index (χ1) is 6.47. The van der Waals surface area contributed by atoms with Crippen molar-refractivity contribution in [1.29, 1.82) is 0 Å². The van der Waals surface area contributed by atoms with Crippen LogP contribution < -0.4 is 0 Å². The lowest BCUT2D eigenvalue weighted by atomic mass is 10.3. The highest BCUT2D eigenvalue weighted by Crippen LogP contribution is 2.22. The van der Waals surface area contributed by atoms with E-state index in [0.29, 0.717) is 10.8 Å². The van der Waals surface area contributed by atoms with E-state index in [0.717, 1.165) is 0 Å². The summed E-state index contributed by atoms with van der Waals surface area (Å²) >= 11 is 0. The average Bonchev–Trinajstić information content (AvgIpc) is 2.18. The van der Waals surface area contributed by atoms with E-state index in [1.165, 1.54) is 30.5 Å². The Balaban J connectivity index is 3.12. The van der Waals surface area contributed by atoms with Crippen LogP contribution in [0.1, 0.15) is 0 Å². The second kappa shape index (κ2) is 3.97. The van der Waals surface area contributed by atoms with Gasteiger partial charge in [0, 0.05) is 12.1 Å². The van der Waals surface area contributed by atoms with E-state index in [2.05, 4.69) is 0 Å². The summed E-state index contributed by atoms with van der Waals surface area (Å²) < 4.78 is 22.6. The van der Waals surface area contributed by atoms with Crippen molar-refractivity contribution < 1.29 is 13.3 Å². The molecule has 0 N–H and O–H groups in total. The van der Waals surface area contributed by atoms with Crippen molar-refractivity contribution in [2.24, 2.45) is 0 Å². The molecule has 0 heterocycles. The van der Waals surface area contributed by atoms with Gasteiger partial charge in [0.15, 0.2) is 0 Å². The monoisotopic (exact) mass is 233 g/mol. The second-order valence-electron chi connectivity index (χ2n) is 2.37. The van der Waals surface area contributed by atoms with Gasteiger partial charge in [0.25, 0.3) is 5.69 Å². The van der Waals surface area contributed by atoms with E-state index in [1.54, 1.807) is 0 Å². The SMILES string of the molecule is CSS(=O)(=O)c1ccc([N+](=O)[O-])cc1. The van der Waals surface area contributed by atoms with Crippen LogP contribution in [0.4, 0.5) is 5.69 Å². The van der Waals surface area contributed by atoms with E-state index in [-0.39, 0.29) is 10.6 Å². The summed E-state index contributed by atoms with van der Waals surface area (Å²) in [7, 11) is -2.65. The summed E-state index contributed by atoms with van der Waals surface area (Å²) in [6, 6.07) is 4.79. The molecule has 0 aliphatic rings. The molecule has 7 heteroatoms. The van der Waals surface area contributed by atoms with Gasteiger partial charge in [-0.2, -0.15) is 0 Å². The number of hydrogen-bond donors (Lipinski definition) is 0. The molecule has 0 saturated heterocycles. The molecule has 0 fully saturated rings. The van der Waals surface area contributed by atoms with Gasteiger partial charge >= 0.3 is 0 Å². The minimum Gasteiger partial charge on any atom is -0.258 e. The molecule has 5 nitrogen and oxygen atoms in total. The maximum Gasteiger partial charge on any atom is 0.269 e. The molecule has 0 aliphatic carbocycles. The Morgan fingerprint density at radius 2 is 1.79 bits per heavy atom. The van der Waals surface area contributed by atoms with Gasteiger partial charge in [0.2, 0.25) is 8.87 Å². The molecule has 0 saturated carbocycles. The number of hydrogen-bond acceptors (Lipinski definition) is 5. The largest absolute Gasteiger partial charge is 0.269 e. The standard InChI is InChI=1S/C7H7NO4S2/c1-13-14(11,12)7-4-2-6(3-5-7)8(9)10/h2-5H,1H3. The maximum absolute atomic E-state index is 11.3. The molecule has 1 rings (SSSR count). The summed E-state index contributed by atoms with van der Waals surface area (Å²) in [4.78, 5) is 9.79. The Bertz CT molecular complexity index is 437. The number of rotatable bonds is 3. The van der Waals surface area contributed by atoms with Gasteiger partial charge in [0.1, 0.15) is 0 Å². The highest BCUT2D eigenvalue weighted by atomic mass is 33.1. The van der Waals surface area contributed by atoms with Crippen molar-refractivity contribution in [3.8, 4) is 0 Å². The molecule has 1 aromatic carbocycles. The fourth-order valence-electron chi connectivity index (χ4n) is 0.831. The zero-order chi connectivity index (χ0) is 10.8. The van der Waals surface area contributed by atoms with Crippen molar-refractivity contribution in [2.75, 3.05) is 6.26 Å². The van der Waals surface area contributed by atoms with Crippen LogP contribution in [-0.4, -0.2) is 19.6 Å². The fraction of sp³-hybridized carbons (Fsp3) is 0.143. The number of nitro groups is 1. The van der Waals surface area contributed by atoms with E-state index in [9.17, 15) is 18.5 Å². The Kier molecular flexibility index (Phi) is 3.12. The van der Waals surface area contributed by atoms with E-state index >= 15 is 0 Å². The van der Waals surface area contributed by atoms with E-state index in [4.69, 9.17) is 0 Å². The molecule has 0 bridgehead atoms. The van der Waals surface area contributed by atoms with Gasteiger partial charge in [-0.3, -0.25) is 10.1 Å². The van der Waals surface area contributed by atoms with Crippen molar-refractivity contribution in [2.45, 2.75) is 4.90 Å². The van der Waals surface area contributed by atoms with Crippen LogP contribution in [0.15, 0.2) is 29.2 Å². The van der Waals surface area contributed by atoms with Crippen molar-refractivity contribution in [3.05, 3.63) is 34.4 Å². The lowest BCUT2D eigenvalue weighted by Gasteiger charge is -1.98. The topological polar surface area (TPSA) is 77.3 Å². The Morgan fingerprint density at radius 1 is 1.29 bits per heavy atom. The Labute approximate surface area is 84.6 Å². The normalized spacial score (nSPS) is 11.2. The average molecular weight is 233 g/mol. The summed E-state index contributed by atoms with van der Waals surface area (Å²) in [6.07, 6.45) is 1.44. The molecule has 14 heavy (non-hydrogen) atoms. The molecule has 0 spiro atoms. The van der Waals surface area contributed by atoms with Crippen LogP contribution in [-0.2, 0) is 8.87 Å². The first-order valence-corrected chi connectivity index (χ1v) is 6.75. The molecule has 76 valence electrons. The van der Waals surface area contributed by atoms with Crippen LogP contribution in [0.2, 0.25) is 0 Å². The third kappa shape index (κ3) is 2.24. The van der Waals surface area contributed by atoms with E-state index in [1.807, 2.05) is 0 Å². The quantitative estimate of drug-likeness (QED) is 0.450. The molecule has 0 aliphatic heterocycles. The molecule has 0 unspecified atom stereocenters. The number of non-ortho nitro benzene ring substituents is 1. The highest BCUT2D eigenvalue weighted by molar-refractivity contribution is 8.71. The van der Waals surface area contributed by atoms with Crippen LogP contribution in [0.25, 0.3) is 0 Å². The van der Waals surface area contributed by atoms with Gasteiger partial charge in [-0.05, 0) is 29.2 Å². The van der Waals surface area contributed by atoms with Gasteiger partial charge in [-0.25, -0.2) is 8.42 Å². The molecule has 0 amide bonds. The Morgan fingerprint density at radius 3 is 2.14 bits per heavy atom. The van der Waals surface area contributed by atoms with Crippen molar-refractivity contribution in [3.63, 3.8) is 0 Å². The van der Waals surface area contributed by atoms with Crippen LogP contribution in [0.3, 0.4) is 0 Å². The summed E-state index contributed by atoms with van der Waals surface area (Å²) in [5.74, 6) is 0. The molecular formula is C7H7NO4S2. The van der Waals surface area contributed by atoms with Gasteiger partial charge in [0.05, 0.1) is 9.82 Å². The molecule has 0 atom stereocenters. The maximum atomic E-state index is 11.3. The molecule has 1 aromatic rings. The lowest BCUT2D eigenvalue weighted by molar-refractivity contribution is -0.384. The highest BCUT2D eigenvalue weighted by Gasteiger charge is 2.13. The number of nitrogens with zero attached hydrogens (tertiary/aromatic N) is 1. The minimum atomic E-state index is -3.35. The Hall–Kier alpha value is -1.08. The van der Waals surface area contributed by atoms with Gasteiger partial charge in [-0.1, -0.05) is 0 Å². The molecular weight excluding hydrogens is 226 g/mol. The predicted octanol–water partition coefficient (Wildman–Crippen LogP) is 1.65. The van der Waals surface area contributed by atoms with Gasteiger partial charge < -0.3 is 0 Å². The first kappa shape index (κ1) is 11.0. The molecule has 0 radical (unpaired) electrons. The first-order valence-electron chi connectivity index (χ1n) is 3.52. The smallest absolute Gasteiger partial charge is 0.258 e. The predicted molar refractivity (Wildman–Crippen MR) is 53.8 cm³/mol. The second-order valence-corrected chi connectivity index (χ2v) is 6.40. The zero-order valence-electron chi connectivity index (χ0n) is 7.21. The van der Waals surface area contributed by atoms with E-state index < -0.39 is 13.8 Å². The van der Waals surface area contributed by atoms with Gasteiger partial charge in [-0.15, -0.1) is 0 Å². The third-order valence-corrected chi connectivity index (χ3v) is 4.74. The van der Waals surface area contributed by atoms with Crippen LogP contribution in [0.5, 0.6) is 0 Å².